The van der Waals surface area contributed by atoms with E-state index in [2.05, 4.69) is 20.8 Å². The molecule has 0 unspecified atom stereocenters. The molecule has 0 bridgehead atoms. The topological polar surface area (TPSA) is 97.2 Å². The summed E-state index contributed by atoms with van der Waals surface area (Å²) in [4.78, 5) is 19.2. The van der Waals surface area contributed by atoms with Gasteiger partial charge in [-0.15, -0.1) is 0 Å². The van der Waals surface area contributed by atoms with Crippen molar-refractivity contribution in [3.63, 3.8) is 0 Å². The maximum atomic E-state index is 11.5. The molecule has 0 aliphatic rings. The second kappa shape index (κ2) is 8.48. The first-order chi connectivity index (χ1) is 14.0. The molecule has 7 nitrogen and oxygen atoms in total. The van der Waals surface area contributed by atoms with Gasteiger partial charge in [-0.25, -0.2) is 9.78 Å². The standard InChI is InChI=1S/C22H21N3O4/c1-13-8-17-18(9-14(13)2)25-22(24-17)16(11-23)10-15-6-5-7-19(27-3)21(15)29-12-20(26)28-4/h5-10H,12H2,1-4H3,(H,24,25)/b16-10+. The molecule has 2 aromatic carbocycles. The van der Waals surface area contributed by atoms with Gasteiger partial charge in [0, 0.05) is 5.56 Å². The predicted molar refractivity (Wildman–Crippen MR) is 110 cm³/mol. The van der Waals surface area contributed by atoms with Crippen LogP contribution in [0.1, 0.15) is 22.5 Å². The van der Waals surface area contributed by atoms with Gasteiger partial charge in [-0.3, -0.25) is 0 Å². The number of rotatable bonds is 6. The Bertz CT molecular complexity index is 1100. The highest BCUT2D eigenvalue weighted by Crippen LogP contribution is 2.33. The van der Waals surface area contributed by atoms with E-state index < -0.39 is 5.97 Å². The molecule has 0 spiro atoms. The average molecular weight is 391 g/mol. The van der Waals surface area contributed by atoms with E-state index in [1.54, 1.807) is 24.3 Å². The molecule has 7 heteroatoms. The number of carbonyl (C=O) groups excluding carboxylic acids is 1. The number of benzene rings is 2. The number of methoxy groups -OCH3 is 2. The van der Waals surface area contributed by atoms with Crippen LogP contribution >= 0.6 is 0 Å². The molecule has 148 valence electrons. The number of para-hydroxylation sites is 1. The fraction of sp³-hybridized carbons (Fsp3) is 0.227. The number of nitrogens with zero attached hydrogens (tertiary/aromatic N) is 2. The van der Waals surface area contributed by atoms with Crippen LogP contribution in [0.3, 0.4) is 0 Å². The molecule has 1 aromatic heterocycles. The van der Waals surface area contributed by atoms with Gasteiger partial charge in [0.05, 0.1) is 30.8 Å². The third kappa shape index (κ3) is 4.22. The Hall–Kier alpha value is -3.79. The monoisotopic (exact) mass is 391 g/mol. The minimum atomic E-state index is -0.519. The van der Waals surface area contributed by atoms with Crippen molar-refractivity contribution in [2.75, 3.05) is 20.8 Å². The number of aromatic amines is 1. The first-order valence-electron chi connectivity index (χ1n) is 8.92. The number of hydrogen-bond acceptors (Lipinski definition) is 6. The molecule has 0 saturated carbocycles. The molecule has 1 N–H and O–H groups in total. The van der Waals surface area contributed by atoms with Gasteiger partial charge < -0.3 is 19.2 Å². The third-order valence-corrected chi connectivity index (χ3v) is 4.56. The predicted octanol–water partition coefficient (Wildman–Crippen LogP) is 3.80. The highest BCUT2D eigenvalue weighted by Gasteiger charge is 2.15. The van der Waals surface area contributed by atoms with E-state index in [4.69, 9.17) is 9.47 Å². The minimum Gasteiger partial charge on any atom is -0.493 e. The number of hydrogen-bond donors (Lipinski definition) is 1. The Morgan fingerprint density at radius 1 is 1.24 bits per heavy atom. The van der Waals surface area contributed by atoms with Gasteiger partial charge in [0.25, 0.3) is 0 Å². The van der Waals surface area contributed by atoms with E-state index >= 15 is 0 Å². The van der Waals surface area contributed by atoms with E-state index in [1.807, 2.05) is 26.0 Å². The fourth-order valence-electron chi connectivity index (χ4n) is 2.86. The summed E-state index contributed by atoms with van der Waals surface area (Å²) in [5, 5.41) is 9.72. The van der Waals surface area contributed by atoms with Crippen LogP contribution in [-0.2, 0) is 9.53 Å². The van der Waals surface area contributed by atoms with Crippen LogP contribution in [0.5, 0.6) is 11.5 Å². The number of aromatic nitrogens is 2. The van der Waals surface area contributed by atoms with Crippen molar-refractivity contribution < 1.29 is 19.0 Å². The molecule has 0 aliphatic heterocycles. The highest BCUT2D eigenvalue weighted by molar-refractivity contribution is 5.91. The van der Waals surface area contributed by atoms with Crippen LogP contribution < -0.4 is 9.47 Å². The van der Waals surface area contributed by atoms with Gasteiger partial charge in [-0.2, -0.15) is 5.26 Å². The lowest BCUT2D eigenvalue weighted by Gasteiger charge is -2.12. The minimum absolute atomic E-state index is 0.275. The van der Waals surface area contributed by atoms with Crippen molar-refractivity contribution >= 4 is 28.7 Å². The maximum Gasteiger partial charge on any atom is 0.343 e. The summed E-state index contributed by atoms with van der Waals surface area (Å²) < 4.78 is 15.6. The second-order valence-electron chi connectivity index (χ2n) is 6.45. The van der Waals surface area contributed by atoms with E-state index in [0.717, 1.165) is 22.2 Å². The Labute approximate surface area is 168 Å². The summed E-state index contributed by atoms with van der Waals surface area (Å²) in [6, 6.07) is 11.4. The molecule has 0 fully saturated rings. The molecular weight excluding hydrogens is 370 g/mol. The largest absolute Gasteiger partial charge is 0.493 e. The number of fused-ring (bicyclic) bond motifs is 1. The van der Waals surface area contributed by atoms with Crippen molar-refractivity contribution in [3.8, 4) is 17.6 Å². The van der Waals surface area contributed by atoms with Crippen LogP contribution in [0.15, 0.2) is 30.3 Å². The quantitative estimate of drug-likeness (QED) is 0.507. The van der Waals surface area contributed by atoms with E-state index in [0.29, 0.717) is 28.5 Å². The number of aryl methyl sites for hydroxylation is 2. The van der Waals surface area contributed by atoms with Crippen molar-refractivity contribution in [2.24, 2.45) is 0 Å². The maximum absolute atomic E-state index is 11.5. The van der Waals surface area contributed by atoms with Crippen LogP contribution in [0.25, 0.3) is 22.7 Å². The van der Waals surface area contributed by atoms with Crippen molar-refractivity contribution in [1.29, 1.82) is 5.26 Å². The average Bonchev–Trinajstić information content (AvgIpc) is 3.12. The smallest absolute Gasteiger partial charge is 0.343 e. The number of H-pyrrole nitrogens is 1. The van der Waals surface area contributed by atoms with Gasteiger partial charge in [0.1, 0.15) is 11.9 Å². The Balaban J connectivity index is 2.05. The summed E-state index contributed by atoms with van der Waals surface area (Å²) in [6.45, 7) is 3.77. The molecule has 29 heavy (non-hydrogen) atoms. The van der Waals surface area contributed by atoms with Crippen LogP contribution in [0.4, 0.5) is 0 Å². The number of esters is 1. The van der Waals surface area contributed by atoms with Crippen molar-refractivity contribution in [1.82, 2.24) is 9.97 Å². The van der Waals surface area contributed by atoms with Gasteiger partial charge in [-0.05, 0) is 49.2 Å². The molecule has 0 saturated heterocycles. The summed E-state index contributed by atoms with van der Waals surface area (Å²) >= 11 is 0. The number of nitrogens with one attached hydrogen (secondary N) is 1. The molecule has 1 heterocycles. The van der Waals surface area contributed by atoms with Gasteiger partial charge in [-0.1, -0.05) is 12.1 Å². The van der Waals surface area contributed by atoms with Crippen LogP contribution in [0, 0.1) is 25.2 Å². The van der Waals surface area contributed by atoms with Crippen LogP contribution in [-0.4, -0.2) is 36.8 Å². The number of allylic oxidation sites excluding steroid dienone is 1. The number of ether oxygens (including phenoxy) is 3. The van der Waals surface area contributed by atoms with Gasteiger partial charge in [0.15, 0.2) is 18.1 Å². The van der Waals surface area contributed by atoms with Crippen molar-refractivity contribution in [3.05, 3.63) is 52.8 Å². The number of imidazole rings is 1. The first-order valence-corrected chi connectivity index (χ1v) is 8.92. The summed E-state index contributed by atoms with van der Waals surface area (Å²) in [7, 11) is 2.79. The van der Waals surface area contributed by atoms with Crippen LogP contribution in [0.2, 0.25) is 0 Å². The Morgan fingerprint density at radius 3 is 2.69 bits per heavy atom. The lowest BCUT2D eigenvalue weighted by Crippen LogP contribution is -2.13. The fourth-order valence-corrected chi connectivity index (χ4v) is 2.86. The lowest BCUT2D eigenvalue weighted by atomic mass is 10.1. The summed E-state index contributed by atoms with van der Waals surface area (Å²) in [5.74, 6) is 0.718. The zero-order valence-corrected chi connectivity index (χ0v) is 16.7. The molecule has 0 radical (unpaired) electrons. The molecule has 0 amide bonds. The second-order valence-corrected chi connectivity index (χ2v) is 6.45. The Kier molecular flexibility index (Phi) is 5.84. The molecule has 0 atom stereocenters. The SMILES string of the molecule is COC(=O)COc1c(/C=C(\C#N)c2nc3cc(C)c(C)cc3[nH]2)cccc1OC. The number of carbonyl (C=O) groups is 1. The highest BCUT2D eigenvalue weighted by atomic mass is 16.6. The zero-order chi connectivity index (χ0) is 21.0. The molecular formula is C22H21N3O4. The van der Waals surface area contributed by atoms with E-state index in [9.17, 15) is 10.1 Å². The zero-order valence-electron chi connectivity index (χ0n) is 16.7. The van der Waals surface area contributed by atoms with E-state index in [1.165, 1.54) is 14.2 Å². The van der Waals surface area contributed by atoms with E-state index in [-0.39, 0.29) is 6.61 Å². The van der Waals surface area contributed by atoms with Crippen molar-refractivity contribution in [2.45, 2.75) is 13.8 Å². The van der Waals surface area contributed by atoms with Gasteiger partial charge in [0.2, 0.25) is 0 Å². The summed E-state index contributed by atoms with van der Waals surface area (Å²) in [6.07, 6.45) is 1.65. The lowest BCUT2D eigenvalue weighted by molar-refractivity contribution is -0.142. The summed E-state index contributed by atoms with van der Waals surface area (Å²) in [5.41, 5.74) is 4.82. The number of nitriles is 1. The Morgan fingerprint density at radius 2 is 2.00 bits per heavy atom. The normalized spacial score (nSPS) is 11.2. The van der Waals surface area contributed by atoms with Gasteiger partial charge >= 0.3 is 5.97 Å². The molecule has 0 aliphatic carbocycles. The molecule has 3 rings (SSSR count). The molecule has 3 aromatic rings. The third-order valence-electron chi connectivity index (χ3n) is 4.56. The first kappa shape index (κ1) is 20.0.